The number of benzene rings is 2. The number of fused-ring (bicyclic) bond motifs is 1. The van der Waals surface area contributed by atoms with Gasteiger partial charge in [-0.25, -0.2) is 8.42 Å². The third-order valence-electron chi connectivity index (χ3n) is 6.24. The summed E-state index contributed by atoms with van der Waals surface area (Å²) in [6.45, 7) is 3.56. The van der Waals surface area contributed by atoms with E-state index in [1.165, 1.54) is 22.4 Å². The molecule has 0 unspecified atom stereocenters. The van der Waals surface area contributed by atoms with Crippen LogP contribution in [-0.4, -0.2) is 88.4 Å². The van der Waals surface area contributed by atoms with Crippen LogP contribution in [0.2, 0.25) is 0 Å². The monoisotopic (exact) mass is 506 g/mol. The second kappa shape index (κ2) is 11.4. The molecule has 1 aliphatic rings. The summed E-state index contributed by atoms with van der Waals surface area (Å²) in [5.74, 6) is 0.447. The summed E-state index contributed by atoms with van der Waals surface area (Å²) in [6.07, 6.45) is -0.491. The van der Waals surface area contributed by atoms with E-state index in [-0.39, 0.29) is 48.8 Å². The second-order valence-electron chi connectivity index (χ2n) is 8.84. The average Bonchev–Trinajstić information content (AvgIpc) is 2.85. The fourth-order valence-electron chi connectivity index (χ4n) is 4.01. The Kier molecular flexibility index (Phi) is 8.76. The first-order chi connectivity index (χ1) is 16.6. The van der Waals surface area contributed by atoms with Crippen LogP contribution in [0.25, 0.3) is 11.1 Å². The van der Waals surface area contributed by atoms with Crippen LogP contribution in [0.5, 0.6) is 11.5 Å². The Morgan fingerprint density at radius 2 is 1.86 bits per heavy atom. The third kappa shape index (κ3) is 5.95. The Bertz CT molecular complexity index is 1120. The fraction of sp³-hybridized carbons (Fsp3) is 0.480. The van der Waals surface area contributed by atoms with Crippen LogP contribution in [0.1, 0.15) is 13.8 Å². The van der Waals surface area contributed by atoms with Gasteiger partial charge in [0.05, 0.1) is 20.3 Å². The molecular weight excluding hydrogens is 472 g/mol. The molecule has 0 saturated carbocycles. The number of methoxy groups -OCH3 is 2. The summed E-state index contributed by atoms with van der Waals surface area (Å²) in [7, 11) is 0.763. The highest BCUT2D eigenvalue weighted by atomic mass is 32.2. The van der Waals surface area contributed by atoms with Gasteiger partial charge in [-0.05, 0) is 42.3 Å². The zero-order valence-corrected chi connectivity index (χ0v) is 21.6. The van der Waals surface area contributed by atoms with E-state index in [4.69, 9.17) is 14.2 Å². The lowest BCUT2D eigenvalue weighted by atomic mass is 10.0. The van der Waals surface area contributed by atoms with Gasteiger partial charge in [-0.15, -0.1) is 0 Å². The highest BCUT2D eigenvalue weighted by molar-refractivity contribution is 7.89. The molecule has 0 radical (unpaired) electrons. The number of nitrogens with zero attached hydrogens (tertiary/aromatic N) is 2. The van der Waals surface area contributed by atoms with Crippen molar-refractivity contribution in [3.05, 3.63) is 42.5 Å². The third-order valence-corrected chi connectivity index (χ3v) is 8.26. The van der Waals surface area contributed by atoms with Crippen LogP contribution >= 0.6 is 0 Å². The van der Waals surface area contributed by atoms with Crippen LogP contribution in [0, 0.1) is 5.92 Å². The van der Waals surface area contributed by atoms with Gasteiger partial charge in [0.15, 0.2) is 0 Å². The van der Waals surface area contributed by atoms with Gasteiger partial charge >= 0.3 is 0 Å². The van der Waals surface area contributed by atoms with Gasteiger partial charge in [0.25, 0.3) is 0 Å². The molecule has 3 rings (SSSR count). The van der Waals surface area contributed by atoms with Gasteiger partial charge < -0.3 is 24.2 Å². The van der Waals surface area contributed by atoms with Crippen molar-refractivity contribution in [2.24, 2.45) is 5.92 Å². The highest BCUT2D eigenvalue weighted by Gasteiger charge is 2.38. The maximum atomic E-state index is 13.6. The predicted octanol–water partition coefficient (Wildman–Crippen LogP) is 2.24. The van der Waals surface area contributed by atoms with E-state index in [1.807, 2.05) is 31.2 Å². The van der Waals surface area contributed by atoms with Gasteiger partial charge in [-0.3, -0.25) is 4.79 Å². The number of likely N-dealkylation sites (N-methyl/N-ethyl adjacent to an activating group) is 1. The molecule has 9 nitrogen and oxygen atoms in total. The minimum atomic E-state index is -3.95. The fourth-order valence-corrected chi connectivity index (χ4v) is 5.84. The molecule has 1 N–H and O–H groups in total. The summed E-state index contributed by atoms with van der Waals surface area (Å²) in [6, 6.07) is 11.8. The Hall–Kier alpha value is -2.66. The molecule has 0 aromatic heterocycles. The van der Waals surface area contributed by atoms with Gasteiger partial charge in [-0.2, -0.15) is 4.31 Å². The first-order valence-corrected chi connectivity index (χ1v) is 12.9. The van der Waals surface area contributed by atoms with E-state index in [0.29, 0.717) is 5.75 Å². The zero-order chi connectivity index (χ0) is 25.8. The second-order valence-corrected chi connectivity index (χ2v) is 10.7. The number of aliphatic hydroxyl groups is 1. The van der Waals surface area contributed by atoms with Crippen LogP contribution in [0.15, 0.2) is 47.4 Å². The summed E-state index contributed by atoms with van der Waals surface area (Å²) in [5, 5.41) is 9.78. The molecule has 3 atom stereocenters. The van der Waals surface area contributed by atoms with E-state index < -0.39 is 22.2 Å². The highest BCUT2D eigenvalue weighted by Crippen LogP contribution is 2.36. The lowest BCUT2D eigenvalue weighted by molar-refractivity contribution is -0.135. The van der Waals surface area contributed by atoms with Crippen molar-refractivity contribution in [3.63, 3.8) is 0 Å². The number of carbonyl (C=O) groups is 1. The van der Waals surface area contributed by atoms with Gasteiger partial charge in [0, 0.05) is 32.7 Å². The molecule has 0 saturated heterocycles. The number of ether oxygens (including phenoxy) is 3. The molecule has 10 heteroatoms. The number of sulfonamides is 1. The minimum absolute atomic E-state index is 0.0258. The number of aliphatic hydroxyl groups excluding tert-OH is 1. The molecule has 0 aliphatic carbocycles. The van der Waals surface area contributed by atoms with Crippen LogP contribution in [0.3, 0.4) is 0 Å². The van der Waals surface area contributed by atoms with E-state index in [1.54, 1.807) is 33.2 Å². The summed E-state index contributed by atoms with van der Waals surface area (Å²) < 4.78 is 45.1. The van der Waals surface area contributed by atoms with E-state index in [2.05, 4.69) is 0 Å². The van der Waals surface area contributed by atoms with Gasteiger partial charge in [0.1, 0.15) is 29.1 Å². The molecule has 0 bridgehead atoms. The molecule has 0 spiro atoms. The Morgan fingerprint density at radius 3 is 2.46 bits per heavy atom. The topological polar surface area (TPSA) is 106 Å². The van der Waals surface area contributed by atoms with E-state index in [9.17, 15) is 18.3 Å². The predicted molar refractivity (Wildman–Crippen MR) is 132 cm³/mol. The maximum Gasteiger partial charge on any atom is 0.248 e. The largest absolute Gasteiger partial charge is 0.497 e. The van der Waals surface area contributed by atoms with Crippen molar-refractivity contribution in [2.45, 2.75) is 30.9 Å². The first-order valence-electron chi connectivity index (χ1n) is 11.4. The number of hydrogen-bond donors (Lipinski definition) is 1. The maximum absolute atomic E-state index is 13.6. The van der Waals surface area contributed by atoms with Crippen molar-refractivity contribution in [1.82, 2.24) is 9.21 Å². The molecule has 1 amide bonds. The van der Waals surface area contributed by atoms with Gasteiger partial charge in [0.2, 0.25) is 15.9 Å². The molecule has 0 fully saturated rings. The first kappa shape index (κ1) is 26.9. The molecule has 2 aromatic carbocycles. The smallest absolute Gasteiger partial charge is 0.248 e. The van der Waals surface area contributed by atoms with Crippen LogP contribution in [-0.2, 0) is 19.6 Å². The van der Waals surface area contributed by atoms with Crippen molar-refractivity contribution in [2.75, 3.05) is 47.6 Å². The van der Waals surface area contributed by atoms with Crippen molar-refractivity contribution in [3.8, 4) is 22.6 Å². The molecule has 2 aromatic rings. The van der Waals surface area contributed by atoms with Crippen molar-refractivity contribution >= 4 is 15.9 Å². The molecule has 35 heavy (non-hydrogen) atoms. The van der Waals surface area contributed by atoms with Crippen molar-refractivity contribution < 1.29 is 32.5 Å². The Balaban J connectivity index is 2.08. The molecule has 1 heterocycles. The number of amides is 1. The van der Waals surface area contributed by atoms with Crippen LogP contribution < -0.4 is 9.47 Å². The van der Waals surface area contributed by atoms with Gasteiger partial charge in [-0.1, -0.05) is 25.1 Å². The quantitative estimate of drug-likeness (QED) is 0.585. The number of carbonyl (C=O) groups excluding carboxylic acids is 1. The lowest BCUT2D eigenvalue weighted by Gasteiger charge is -2.37. The SMILES string of the molecule is COCC(=O)N(C)C[C@H]1Oc2cc(-c3ccc(OC)cc3)ccc2S(=O)(=O)N([C@H](C)CO)C[C@@H]1C. The summed E-state index contributed by atoms with van der Waals surface area (Å²) in [5.41, 5.74) is 1.65. The molecular formula is C25H34N2O7S. The normalized spacial score (nSPS) is 20.6. The number of rotatable bonds is 8. The standard InChI is InChI=1S/C25H34N2O7S/c1-17-13-27(18(2)15-28)35(30,31)24-11-8-20(19-6-9-21(33-5)10-7-19)12-22(24)34-23(17)14-26(3)25(29)16-32-4/h6-12,17-18,23,28H,13-16H2,1-5H3/t17-,18+,23+/m0/s1. The molecule has 1 aliphatic heterocycles. The summed E-state index contributed by atoms with van der Waals surface area (Å²) >= 11 is 0. The van der Waals surface area contributed by atoms with Crippen molar-refractivity contribution in [1.29, 1.82) is 0 Å². The van der Waals surface area contributed by atoms with E-state index in [0.717, 1.165) is 11.1 Å². The molecule has 192 valence electrons. The Morgan fingerprint density at radius 1 is 1.20 bits per heavy atom. The minimum Gasteiger partial charge on any atom is -0.497 e. The van der Waals surface area contributed by atoms with Crippen LogP contribution in [0.4, 0.5) is 0 Å². The summed E-state index contributed by atoms with van der Waals surface area (Å²) in [4.78, 5) is 13.9. The average molecular weight is 507 g/mol. The number of hydrogen-bond acceptors (Lipinski definition) is 7. The van der Waals surface area contributed by atoms with E-state index >= 15 is 0 Å². The lowest BCUT2D eigenvalue weighted by Crippen LogP contribution is -2.50. The Labute approximate surface area is 207 Å². The zero-order valence-electron chi connectivity index (χ0n) is 20.8.